The fraction of sp³-hybridized carbons (Fsp3) is 0.231. The van der Waals surface area contributed by atoms with E-state index in [4.69, 9.17) is 9.47 Å². The number of sulfonamides is 1. The van der Waals surface area contributed by atoms with Crippen molar-refractivity contribution >= 4 is 27.6 Å². The minimum atomic E-state index is -3.70. The van der Waals surface area contributed by atoms with Gasteiger partial charge in [-0.3, -0.25) is 4.79 Å². The Balaban J connectivity index is 1.38. The smallest absolute Gasteiger partial charge is 0.338 e. The predicted molar refractivity (Wildman–Crippen MR) is 131 cm³/mol. The first-order valence-corrected chi connectivity index (χ1v) is 12.6. The number of carbonyl (C=O) groups excluding carboxylic acids is 2. The van der Waals surface area contributed by atoms with Crippen LogP contribution in [0.15, 0.2) is 83.8 Å². The summed E-state index contributed by atoms with van der Waals surface area (Å²) in [7, 11) is -3.70. The standard InChI is InChI=1S/C26H26N2O6S/c1-19(34-26(30)22-12-10-21(11-13-22)20-6-3-2-4-7-20)25(29)27-23-8-5-9-24(18-23)35(31,32)28-14-16-33-17-15-28/h2-13,18-19H,14-17H2,1H3,(H,27,29). The van der Waals surface area contributed by atoms with Crippen LogP contribution in [-0.4, -0.2) is 57.0 Å². The molecule has 4 rings (SSSR count). The highest BCUT2D eigenvalue weighted by molar-refractivity contribution is 7.89. The summed E-state index contributed by atoms with van der Waals surface area (Å²) in [5, 5.41) is 2.62. The molecule has 1 unspecified atom stereocenters. The Hall–Kier alpha value is -3.53. The molecule has 0 bridgehead atoms. The number of amides is 1. The third-order valence-electron chi connectivity index (χ3n) is 5.59. The predicted octanol–water partition coefficient (Wildman–Crippen LogP) is 3.56. The molecule has 0 radical (unpaired) electrons. The normalized spacial score (nSPS) is 15.2. The van der Waals surface area contributed by atoms with Crippen molar-refractivity contribution in [1.29, 1.82) is 0 Å². The Bertz CT molecular complexity index is 1290. The first-order valence-electron chi connectivity index (χ1n) is 11.2. The van der Waals surface area contributed by atoms with E-state index in [0.717, 1.165) is 11.1 Å². The van der Waals surface area contributed by atoms with Gasteiger partial charge >= 0.3 is 5.97 Å². The van der Waals surface area contributed by atoms with Gasteiger partial charge in [0.2, 0.25) is 10.0 Å². The second-order valence-electron chi connectivity index (χ2n) is 8.02. The molecule has 1 N–H and O–H groups in total. The van der Waals surface area contributed by atoms with Crippen LogP contribution in [0.1, 0.15) is 17.3 Å². The average Bonchev–Trinajstić information content (AvgIpc) is 2.90. The summed E-state index contributed by atoms with van der Waals surface area (Å²) >= 11 is 0. The molecular weight excluding hydrogens is 468 g/mol. The zero-order valence-electron chi connectivity index (χ0n) is 19.2. The van der Waals surface area contributed by atoms with Gasteiger partial charge in [-0.15, -0.1) is 0 Å². The van der Waals surface area contributed by atoms with Gasteiger partial charge in [0.25, 0.3) is 5.91 Å². The maximum absolute atomic E-state index is 12.9. The SMILES string of the molecule is CC(OC(=O)c1ccc(-c2ccccc2)cc1)C(=O)Nc1cccc(S(=O)(=O)N2CCOCC2)c1. The Kier molecular flexibility index (Phi) is 7.60. The first kappa shape index (κ1) is 24.6. The van der Waals surface area contributed by atoms with Gasteiger partial charge in [-0.1, -0.05) is 48.5 Å². The van der Waals surface area contributed by atoms with Crippen LogP contribution in [0.2, 0.25) is 0 Å². The lowest BCUT2D eigenvalue weighted by Gasteiger charge is -2.26. The van der Waals surface area contributed by atoms with E-state index < -0.39 is 28.0 Å². The summed E-state index contributed by atoms with van der Waals surface area (Å²) in [4.78, 5) is 25.2. The van der Waals surface area contributed by atoms with Crippen molar-refractivity contribution in [1.82, 2.24) is 4.31 Å². The number of morpholine rings is 1. The summed E-state index contributed by atoms with van der Waals surface area (Å²) in [6, 6.07) is 22.7. The molecule has 0 aliphatic carbocycles. The number of benzene rings is 3. The van der Waals surface area contributed by atoms with E-state index in [2.05, 4.69) is 5.32 Å². The zero-order chi connectivity index (χ0) is 24.8. The number of carbonyl (C=O) groups is 2. The minimum absolute atomic E-state index is 0.0698. The van der Waals surface area contributed by atoms with Gasteiger partial charge in [0.1, 0.15) is 0 Å². The van der Waals surface area contributed by atoms with E-state index in [1.54, 1.807) is 24.3 Å². The molecule has 0 saturated carbocycles. The molecular formula is C26H26N2O6S. The highest BCUT2D eigenvalue weighted by Crippen LogP contribution is 2.22. The highest BCUT2D eigenvalue weighted by Gasteiger charge is 2.27. The van der Waals surface area contributed by atoms with E-state index in [0.29, 0.717) is 24.5 Å². The van der Waals surface area contributed by atoms with Gasteiger partial charge in [-0.2, -0.15) is 4.31 Å². The molecule has 1 aliphatic rings. The first-order chi connectivity index (χ1) is 16.8. The van der Waals surface area contributed by atoms with E-state index in [9.17, 15) is 18.0 Å². The van der Waals surface area contributed by atoms with Gasteiger partial charge in [-0.25, -0.2) is 13.2 Å². The molecule has 0 spiro atoms. The minimum Gasteiger partial charge on any atom is -0.449 e. The monoisotopic (exact) mass is 494 g/mol. The van der Waals surface area contributed by atoms with E-state index in [-0.39, 0.29) is 18.0 Å². The van der Waals surface area contributed by atoms with E-state index in [1.165, 1.54) is 23.4 Å². The third kappa shape index (κ3) is 5.94. The molecule has 1 saturated heterocycles. The number of hydrogen-bond donors (Lipinski definition) is 1. The van der Waals surface area contributed by atoms with Crippen LogP contribution in [0.4, 0.5) is 5.69 Å². The molecule has 35 heavy (non-hydrogen) atoms. The van der Waals surface area contributed by atoms with Crippen LogP contribution in [-0.2, 0) is 24.3 Å². The Labute approximate surface area is 204 Å². The molecule has 3 aromatic carbocycles. The third-order valence-corrected chi connectivity index (χ3v) is 7.48. The lowest BCUT2D eigenvalue weighted by Crippen LogP contribution is -2.40. The molecule has 1 fully saturated rings. The number of rotatable bonds is 7. The number of esters is 1. The van der Waals surface area contributed by atoms with Crippen LogP contribution < -0.4 is 5.32 Å². The van der Waals surface area contributed by atoms with Crippen molar-refractivity contribution in [2.24, 2.45) is 0 Å². The average molecular weight is 495 g/mol. The van der Waals surface area contributed by atoms with Crippen LogP contribution in [0.5, 0.6) is 0 Å². The number of nitrogens with one attached hydrogen (secondary N) is 1. The lowest BCUT2D eigenvalue weighted by atomic mass is 10.0. The largest absolute Gasteiger partial charge is 0.449 e. The van der Waals surface area contributed by atoms with Gasteiger partial charge in [0.05, 0.1) is 23.7 Å². The van der Waals surface area contributed by atoms with Crippen LogP contribution >= 0.6 is 0 Å². The van der Waals surface area contributed by atoms with Gasteiger partial charge in [0, 0.05) is 18.8 Å². The van der Waals surface area contributed by atoms with Crippen LogP contribution in [0.3, 0.4) is 0 Å². The molecule has 1 heterocycles. The van der Waals surface area contributed by atoms with Gasteiger partial charge < -0.3 is 14.8 Å². The van der Waals surface area contributed by atoms with Crippen molar-refractivity contribution in [2.75, 3.05) is 31.6 Å². The van der Waals surface area contributed by atoms with Gasteiger partial charge in [-0.05, 0) is 48.4 Å². The molecule has 8 nitrogen and oxygen atoms in total. The molecule has 3 aromatic rings. The Morgan fingerprint density at radius 2 is 1.57 bits per heavy atom. The summed E-state index contributed by atoms with van der Waals surface area (Å²) < 4.78 is 37.6. The zero-order valence-corrected chi connectivity index (χ0v) is 20.0. The maximum Gasteiger partial charge on any atom is 0.338 e. The van der Waals surface area contributed by atoms with Gasteiger partial charge in [0.15, 0.2) is 6.10 Å². The Morgan fingerprint density at radius 1 is 0.914 bits per heavy atom. The van der Waals surface area contributed by atoms with Crippen molar-refractivity contribution < 1.29 is 27.5 Å². The van der Waals surface area contributed by atoms with Crippen molar-refractivity contribution in [3.05, 3.63) is 84.4 Å². The van der Waals surface area contributed by atoms with Crippen molar-refractivity contribution in [3.8, 4) is 11.1 Å². The number of ether oxygens (including phenoxy) is 2. The Morgan fingerprint density at radius 3 is 2.26 bits per heavy atom. The maximum atomic E-state index is 12.9. The van der Waals surface area contributed by atoms with Crippen molar-refractivity contribution in [3.63, 3.8) is 0 Å². The van der Waals surface area contributed by atoms with E-state index in [1.807, 2.05) is 42.5 Å². The van der Waals surface area contributed by atoms with Crippen LogP contribution in [0, 0.1) is 0 Å². The summed E-state index contributed by atoms with van der Waals surface area (Å²) in [5.41, 5.74) is 2.60. The molecule has 1 atom stereocenters. The second kappa shape index (κ2) is 10.8. The summed E-state index contributed by atoms with van der Waals surface area (Å²) in [6.45, 7) is 2.69. The van der Waals surface area contributed by atoms with Crippen molar-refractivity contribution in [2.45, 2.75) is 17.9 Å². The molecule has 1 aliphatic heterocycles. The summed E-state index contributed by atoms with van der Waals surface area (Å²) in [6.07, 6.45) is -1.09. The highest BCUT2D eigenvalue weighted by atomic mass is 32.2. The topological polar surface area (TPSA) is 102 Å². The fourth-order valence-corrected chi connectivity index (χ4v) is 5.08. The molecule has 9 heteroatoms. The number of hydrogen-bond acceptors (Lipinski definition) is 6. The second-order valence-corrected chi connectivity index (χ2v) is 9.96. The number of anilines is 1. The molecule has 1 amide bonds. The number of nitrogens with zero attached hydrogens (tertiary/aromatic N) is 1. The van der Waals surface area contributed by atoms with E-state index >= 15 is 0 Å². The van der Waals surface area contributed by atoms with Crippen LogP contribution in [0.25, 0.3) is 11.1 Å². The lowest BCUT2D eigenvalue weighted by molar-refractivity contribution is -0.123. The quantitative estimate of drug-likeness (QED) is 0.504. The summed E-state index contributed by atoms with van der Waals surface area (Å²) in [5.74, 6) is -1.20. The molecule has 0 aromatic heterocycles. The fourth-order valence-electron chi connectivity index (χ4n) is 3.63. The molecule has 182 valence electrons.